The van der Waals surface area contributed by atoms with Gasteiger partial charge in [0.2, 0.25) is 0 Å². The van der Waals surface area contributed by atoms with Gasteiger partial charge in [-0.3, -0.25) is 0 Å². The summed E-state index contributed by atoms with van der Waals surface area (Å²) in [5.41, 5.74) is 1.30. The Morgan fingerprint density at radius 1 is 1.33 bits per heavy atom. The molecule has 1 nitrogen and oxygen atoms in total. The summed E-state index contributed by atoms with van der Waals surface area (Å²) < 4.78 is 5.20. The average molecular weight is 227 g/mol. The van der Waals surface area contributed by atoms with Crippen molar-refractivity contribution in [1.82, 2.24) is 0 Å². The first-order valence-corrected chi connectivity index (χ1v) is 5.89. The van der Waals surface area contributed by atoms with Crippen molar-refractivity contribution >= 4 is 11.6 Å². The second-order valence-corrected chi connectivity index (χ2v) is 4.52. The normalized spacial score (nSPS) is 12.9. The largest absolute Gasteiger partial charge is 0.497 e. The van der Waals surface area contributed by atoms with Crippen molar-refractivity contribution in [3.63, 3.8) is 0 Å². The number of halogens is 1. The lowest BCUT2D eigenvalue weighted by Crippen LogP contribution is -2.13. The summed E-state index contributed by atoms with van der Waals surface area (Å²) in [6, 6.07) is 8.21. The lowest BCUT2D eigenvalue weighted by atomic mass is 9.91. The Kier molecular flexibility index (Phi) is 4.97. The maximum Gasteiger partial charge on any atom is 0.119 e. The van der Waals surface area contributed by atoms with Crippen LogP contribution in [0.25, 0.3) is 0 Å². The number of ether oxygens (including phenoxy) is 1. The summed E-state index contributed by atoms with van der Waals surface area (Å²) in [6.07, 6.45) is 1.03. The molecule has 0 spiro atoms. The van der Waals surface area contributed by atoms with Crippen LogP contribution in [0.1, 0.15) is 19.4 Å². The quantitative estimate of drug-likeness (QED) is 0.695. The monoisotopic (exact) mass is 226 g/mol. The van der Waals surface area contributed by atoms with E-state index in [-0.39, 0.29) is 0 Å². The molecule has 0 aromatic heterocycles. The molecule has 0 amide bonds. The van der Waals surface area contributed by atoms with Gasteiger partial charge in [-0.25, -0.2) is 0 Å². The number of rotatable bonds is 5. The Morgan fingerprint density at radius 2 is 2.07 bits per heavy atom. The molecule has 0 fully saturated rings. The Morgan fingerprint density at radius 3 is 2.60 bits per heavy atom. The summed E-state index contributed by atoms with van der Waals surface area (Å²) in [7, 11) is 1.70. The van der Waals surface area contributed by atoms with Crippen molar-refractivity contribution in [2.75, 3.05) is 13.0 Å². The summed E-state index contributed by atoms with van der Waals surface area (Å²) in [5, 5.41) is 0. The van der Waals surface area contributed by atoms with E-state index in [0.717, 1.165) is 18.1 Å². The van der Waals surface area contributed by atoms with Crippen molar-refractivity contribution in [3.05, 3.63) is 29.8 Å². The van der Waals surface area contributed by atoms with E-state index < -0.39 is 0 Å². The molecule has 0 heterocycles. The molecule has 0 aliphatic rings. The highest BCUT2D eigenvalue weighted by Crippen LogP contribution is 2.21. The summed E-state index contributed by atoms with van der Waals surface area (Å²) in [5.74, 6) is 2.80. The van der Waals surface area contributed by atoms with Crippen molar-refractivity contribution in [2.24, 2.45) is 11.8 Å². The van der Waals surface area contributed by atoms with Crippen LogP contribution >= 0.6 is 11.6 Å². The van der Waals surface area contributed by atoms with Gasteiger partial charge >= 0.3 is 0 Å². The second kappa shape index (κ2) is 6.02. The van der Waals surface area contributed by atoms with Crippen LogP contribution < -0.4 is 4.74 Å². The van der Waals surface area contributed by atoms with E-state index in [1.165, 1.54) is 5.56 Å². The standard InChI is InChI=1S/C13H19ClO/c1-10(2)12(9-14)7-11-5-4-6-13(8-11)15-3/h4-6,8,10,12H,7,9H2,1-3H3. The van der Waals surface area contributed by atoms with E-state index in [0.29, 0.717) is 11.8 Å². The molecule has 0 aliphatic carbocycles. The fraction of sp³-hybridized carbons (Fsp3) is 0.538. The minimum Gasteiger partial charge on any atom is -0.497 e. The lowest BCUT2D eigenvalue weighted by Gasteiger charge is -2.18. The van der Waals surface area contributed by atoms with Crippen LogP contribution in [0.5, 0.6) is 5.75 Å². The minimum atomic E-state index is 0.541. The molecule has 1 rings (SSSR count). The zero-order valence-electron chi connectivity index (χ0n) is 9.66. The predicted molar refractivity (Wildman–Crippen MR) is 65.7 cm³/mol. The van der Waals surface area contributed by atoms with Gasteiger partial charge in [-0.15, -0.1) is 11.6 Å². The van der Waals surface area contributed by atoms with Crippen LogP contribution in [0.4, 0.5) is 0 Å². The molecule has 1 aromatic rings. The van der Waals surface area contributed by atoms with Crippen LogP contribution in [0, 0.1) is 11.8 Å². The van der Waals surface area contributed by atoms with Gasteiger partial charge in [0, 0.05) is 5.88 Å². The third-order valence-corrected chi connectivity index (χ3v) is 3.17. The van der Waals surface area contributed by atoms with E-state index >= 15 is 0 Å². The molecule has 0 aliphatic heterocycles. The Bertz CT molecular complexity index is 296. The minimum absolute atomic E-state index is 0.541. The number of benzene rings is 1. The second-order valence-electron chi connectivity index (χ2n) is 4.21. The molecule has 0 radical (unpaired) electrons. The number of alkyl halides is 1. The molecule has 0 saturated carbocycles. The molecule has 2 heteroatoms. The van der Waals surface area contributed by atoms with Gasteiger partial charge in [-0.2, -0.15) is 0 Å². The van der Waals surface area contributed by atoms with E-state index in [9.17, 15) is 0 Å². The molecular formula is C13H19ClO. The van der Waals surface area contributed by atoms with Gasteiger partial charge < -0.3 is 4.74 Å². The molecule has 1 unspecified atom stereocenters. The molecule has 1 aromatic carbocycles. The highest BCUT2D eigenvalue weighted by molar-refractivity contribution is 6.18. The molecule has 1 atom stereocenters. The van der Waals surface area contributed by atoms with Crippen molar-refractivity contribution in [2.45, 2.75) is 20.3 Å². The van der Waals surface area contributed by atoms with Gasteiger partial charge in [0.05, 0.1) is 7.11 Å². The van der Waals surface area contributed by atoms with Gasteiger partial charge in [0.25, 0.3) is 0 Å². The van der Waals surface area contributed by atoms with Crippen LogP contribution in [0.3, 0.4) is 0 Å². The van der Waals surface area contributed by atoms with Crippen LogP contribution in [0.2, 0.25) is 0 Å². The predicted octanol–water partition coefficient (Wildman–Crippen LogP) is 3.75. The molecule has 0 bridgehead atoms. The summed E-state index contributed by atoms with van der Waals surface area (Å²) in [4.78, 5) is 0. The van der Waals surface area contributed by atoms with Crippen LogP contribution in [-0.2, 0) is 6.42 Å². The molecule has 84 valence electrons. The zero-order valence-corrected chi connectivity index (χ0v) is 10.4. The SMILES string of the molecule is COc1cccc(CC(CCl)C(C)C)c1. The Labute approximate surface area is 97.4 Å². The first-order valence-electron chi connectivity index (χ1n) is 5.36. The molecule has 0 saturated heterocycles. The Balaban J connectivity index is 2.70. The van der Waals surface area contributed by atoms with E-state index in [1.807, 2.05) is 12.1 Å². The fourth-order valence-electron chi connectivity index (χ4n) is 1.57. The third kappa shape index (κ3) is 3.75. The maximum atomic E-state index is 5.95. The topological polar surface area (TPSA) is 9.23 Å². The first-order chi connectivity index (χ1) is 7.17. The summed E-state index contributed by atoms with van der Waals surface area (Å²) in [6.45, 7) is 4.43. The lowest BCUT2D eigenvalue weighted by molar-refractivity contribution is 0.408. The summed E-state index contributed by atoms with van der Waals surface area (Å²) >= 11 is 5.95. The van der Waals surface area contributed by atoms with E-state index in [2.05, 4.69) is 26.0 Å². The van der Waals surface area contributed by atoms with Crippen molar-refractivity contribution < 1.29 is 4.74 Å². The van der Waals surface area contributed by atoms with Gasteiger partial charge in [0.1, 0.15) is 5.75 Å². The molecular weight excluding hydrogens is 208 g/mol. The van der Waals surface area contributed by atoms with E-state index in [1.54, 1.807) is 7.11 Å². The smallest absolute Gasteiger partial charge is 0.119 e. The molecule has 0 N–H and O–H groups in total. The van der Waals surface area contributed by atoms with Crippen molar-refractivity contribution in [3.8, 4) is 5.75 Å². The van der Waals surface area contributed by atoms with Gasteiger partial charge in [0.15, 0.2) is 0 Å². The zero-order chi connectivity index (χ0) is 11.3. The van der Waals surface area contributed by atoms with Crippen molar-refractivity contribution in [1.29, 1.82) is 0 Å². The van der Waals surface area contributed by atoms with Crippen LogP contribution in [0.15, 0.2) is 24.3 Å². The van der Waals surface area contributed by atoms with Crippen LogP contribution in [-0.4, -0.2) is 13.0 Å². The average Bonchev–Trinajstić information content (AvgIpc) is 2.25. The number of hydrogen-bond acceptors (Lipinski definition) is 1. The number of methoxy groups -OCH3 is 1. The van der Waals surface area contributed by atoms with Gasteiger partial charge in [-0.1, -0.05) is 26.0 Å². The Hall–Kier alpha value is -0.690. The van der Waals surface area contributed by atoms with Gasteiger partial charge in [-0.05, 0) is 36.0 Å². The third-order valence-electron chi connectivity index (χ3n) is 2.77. The molecule has 15 heavy (non-hydrogen) atoms. The number of hydrogen-bond donors (Lipinski definition) is 0. The highest BCUT2D eigenvalue weighted by Gasteiger charge is 2.12. The fourth-order valence-corrected chi connectivity index (χ4v) is 2.04. The highest BCUT2D eigenvalue weighted by atomic mass is 35.5. The van der Waals surface area contributed by atoms with E-state index in [4.69, 9.17) is 16.3 Å². The first kappa shape index (κ1) is 12.4. The maximum absolute atomic E-state index is 5.95.